The number of H-pyrrole nitrogens is 1. The number of benzene rings is 2. The van der Waals surface area contributed by atoms with Crippen LogP contribution in [0, 0.1) is 18.3 Å². The molecule has 146 valence electrons. The minimum Gasteiger partial charge on any atom is -0.479 e. The molecule has 1 heterocycles. The number of carbonyl (C=O) groups excluding carboxylic acids is 2. The lowest BCUT2D eigenvalue weighted by atomic mass is 10.0. The average molecular weight is 388 g/mol. The van der Waals surface area contributed by atoms with Gasteiger partial charge in [0, 0.05) is 28.2 Å². The van der Waals surface area contributed by atoms with Crippen LogP contribution in [0.25, 0.3) is 17.0 Å². The minimum atomic E-state index is -0.910. The van der Waals surface area contributed by atoms with E-state index in [1.807, 2.05) is 37.3 Å². The number of hydrogen-bond acceptors (Lipinski definition) is 5. The number of fused-ring (bicyclic) bond motifs is 1. The summed E-state index contributed by atoms with van der Waals surface area (Å²) in [5.74, 6) is -0.284. The van der Waals surface area contributed by atoms with Gasteiger partial charge in [0.05, 0.1) is 0 Å². The first-order valence-corrected chi connectivity index (χ1v) is 9.09. The highest BCUT2D eigenvalue weighted by atomic mass is 16.5. The third-order valence-electron chi connectivity index (χ3n) is 4.40. The first-order valence-electron chi connectivity index (χ1n) is 9.09. The normalized spacial score (nSPS) is 11.9. The van der Waals surface area contributed by atoms with Crippen LogP contribution in [0.5, 0.6) is 5.75 Å². The third kappa shape index (κ3) is 4.71. The number of aryl methyl sites for hydroxylation is 1. The maximum absolute atomic E-state index is 12.8. The molecule has 0 saturated heterocycles. The number of aromatic nitrogens is 1. The molecule has 0 aliphatic rings. The Morgan fingerprint density at radius 2 is 1.90 bits per heavy atom. The number of nitrogens with zero attached hydrogens (tertiary/aromatic N) is 1. The average Bonchev–Trinajstić information content (AvgIpc) is 3.06. The molecule has 3 aromatic rings. The second kappa shape index (κ2) is 8.89. The number of hydrogen-bond donors (Lipinski definition) is 1. The molecule has 0 radical (unpaired) electrons. The Kier molecular flexibility index (Phi) is 6.10. The zero-order valence-electron chi connectivity index (χ0n) is 16.1. The van der Waals surface area contributed by atoms with Crippen molar-refractivity contribution >= 4 is 28.7 Å². The zero-order valence-corrected chi connectivity index (χ0v) is 16.1. The van der Waals surface area contributed by atoms with Crippen LogP contribution < -0.4 is 4.74 Å². The van der Waals surface area contributed by atoms with Crippen molar-refractivity contribution in [1.82, 2.24) is 4.98 Å². The molecular formula is C23H20N2O4. The van der Waals surface area contributed by atoms with Crippen LogP contribution in [0.3, 0.4) is 0 Å². The number of nitriles is 1. The van der Waals surface area contributed by atoms with Crippen LogP contribution in [-0.2, 0) is 9.53 Å². The van der Waals surface area contributed by atoms with Gasteiger partial charge in [0.25, 0.3) is 0 Å². The van der Waals surface area contributed by atoms with Crippen molar-refractivity contribution in [2.75, 3.05) is 6.61 Å². The van der Waals surface area contributed by atoms with Gasteiger partial charge in [0.1, 0.15) is 11.8 Å². The van der Waals surface area contributed by atoms with Gasteiger partial charge < -0.3 is 14.5 Å². The third-order valence-corrected chi connectivity index (χ3v) is 4.40. The summed E-state index contributed by atoms with van der Waals surface area (Å²) in [5.41, 5.74) is 2.91. The highest BCUT2D eigenvalue weighted by Gasteiger charge is 2.23. The van der Waals surface area contributed by atoms with Crippen LogP contribution in [0.2, 0.25) is 0 Å². The van der Waals surface area contributed by atoms with E-state index in [0.29, 0.717) is 11.3 Å². The molecule has 6 heteroatoms. The van der Waals surface area contributed by atoms with Crippen molar-refractivity contribution in [3.05, 3.63) is 71.4 Å². The van der Waals surface area contributed by atoms with Crippen LogP contribution in [0.1, 0.15) is 28.5 Å². The van der Waals surface area contributed by atoms with Crippen LogP contribution >= 0.6 is 0 Å². The monoisotopic (exact) mass is 388 g/mol. The fourth-order valence-electron chi connectivity index (χ4n) is 3.02. The minimum absolute atomic E-state index is 0.0245. The Morgan fingerprint density at radius 1 is 1.17 bits per heavy atom. The van der Waals surface area contributed by atoms with E-state index >= 15 is 0 Å². The number of para-hydroxylation sites is 1. The molecule has 0 amide bonds. The van der Waals surface area contributed by atoms with Crippen molar-refractivity contribution in [3.63, 3.8) is 0 Å². The van der Waals surface area contributed by atoms with E-state index in [2.05, 4.69) is 4.98 Å². The summed E-state index contributed by atoms with van der Waals surface area (Å²) in [6, 6.07) is 16.3. The largest absolute Gasteiger partial charge is 0.479 e. The topological polar surface area (TPSA) is 92.2 Å². The van der Waals surface area contributed by atoms with E-state index in [1.165, 1.54) is 6.08 Å². The molecule has 0 aliphatic heterocycles. The Morgan fingerprint density at radius 3 is 2.62 bits per heavy atom. The Balaban J connectivity index is 1.64. The molecule has 0 saturated carbocycles. The number of rotatable bonds is 7. The lowest BCUT2D eigenvalue weighted by Gasteiger charge is -2.11. The molecule has 1 atom stereocenters. The highest BCUT2D eigenvalue weighted by molar-refractivity contribution is 6.11. The second-order valence-electron chi connectivity index (χ2n) is 6.46. The fourth-order valence-corrected chi connectivity index (χ4v) is 3.02. The molecule has 0 aliphatic carbocycles. The molecule has 1 N–H and O–H groups in total. The van der Waals surface area contributed by atoms with E-state index < -0.39 is 12.1 Å². The van der Waals surface area contributed by atoms with E-state index in [1.54, 1.807) is 37.3 Å². The van der Waals surface area contributed by atoms with E-state index in [0.717, 1.165) is 22.2 Å². The highest BCUT2D eigenvalue weighted by Crippen LogP contribution is 2.24. The van der Waals surface area contributed by atoms with Crippen molar-refractivity contribution in [1.29, 1.82) is 5.26 Å². The lowest BCUT2D eigenvalue weighted by Crippen LogP contribution is -2.24. The first kappa shape index (κ1) is 19.9. The van der Waals surface area contributed by atoms with Crippen LogP contribution in [0.15, 0.2) is 54.6 Å². The summed E-state index contributed by atoms with van der Waals surface area (Å²) < 4.78 is 10.5. The van der Waals surface area contributed by atoms with Crippen LogP contribution in [-0.4, -0.2) is 29.4 Å². The molecule has 2 aromatic carbocycles. The summed E-state index contributed by atoms with van der Waals surface area (Å²) in [6.07, 6.45) is 1.95. The number of ketones is 1. The Hall–Kier alpha value is -3.85. The molecular weight excluding hydrogens is 368 g/mol. The lowest BCUT2D eigenvalue weighted by molar-refractivity contribution is -0.140. The predicted molar refractivity (Wildman–Crippen MR) is 110 cm³/mol. The van der Waals surface area contributed by atoms with Gasteiger partial charge in [0.2, 0.25) is 5.78 Å². The van der Waals surface area contributed by atoms with Gasteiger partial charge in [-0.3, -0.25) is 4.79 Å². The fraction of sp³-hybridized carbons (Fsp3) is 0.174. The zero-order chi connectivity index (χ0) is 20.8. The summed E-state index contributed by atoms with van der Waals surface area (Å²) in [5, 5.41) is 9.31. The molecule has 3 rings (SSSR count). The molecule has 0 spiro atoms. The quantitative estimate of drug-likeness (QED) is 0.372. The second-order valence-corrected chi connectivity index (χ2v) is 6.46. The number of aromatic amines is 1. The predicted octanol–water partition coefficient (Wildman–Crippen LogP) is 4.21. The number of carbonyl (C=O) groups is 2. The summed E-state index contributed by atoms with van der Waals surface area (Å²) in [6.45, 7) is 3.37. The van der Waals surface area contributed by atoms with Gasteiger partial charge >= 0.3 is 5.97 Å². The first-order chi connectivity index (χ1) is 14.0. The van der Waals surface area contributed by atoms with Gasteiger partial charge in [-0.15, -0.1) is 0 Å². The summed E-state index contributed by atoms with van der Waals surface area (Å²) >= 11 is 0. The van der Waals surface area contributed by atoms with Crippen molar-refractivity contribution < 1.29 is 19.1 Å². The van der Waals surface area contributed by atoms with Gasteiger partial charge in [-0.1, -0.05) is 30.3 Å². The molecule has 0 fully saturated rings. The molecule has 29 heavy (non-hydrogen) atoms. The summed E-state index contributed by atoms with van der Waals surface area (Å²) in [7, 11) is 0. The van der Waals surface area contributed by atoms with Crippen molar-refractivity contribution in [3.8, 4) is 11.8 Å². The Labute approximate surface area is 168 Å². The standard InChI is InChI=1S/C23H20N2O4/c1-15-22(19-5-3-4-6-20(19)25-15)23(27)16(2)29-21(26)12-9-17-7-10-18(11-8-17)28-14-13-24/h3-12,16,25H,14H2,1-2H3/b12-9+/t16-/m0/s1. The smallest absolute Gasteiger partial charge is 0.331 e. The van der Waals surface area contributed by atoms with E-state index in [9.17, 15) is 9.59 Å². The number of ether oxygens (including phenoxy) is 2. The number of Topliss-reactive ketones (excluding diaryl/α,β-unsaturated/α-hetero) is 1. The van der Waals surface area contributed by atoms with Gasteiger partial charge in [-0.2, -0.15) is 5.26 Å². The van der Waals surface area contributed by atoms with Crippen molar-refractivity contribution in [2.45, 2.75) is 20.0 Å². The molecule has 6 nitrogen and oxygen atoms in total. The maximum atomic E-state index is 12.8. The van der Waals surface area contributed by atoms with E-state index in [-0.39, 0.29) is 12.4 Å². The molecule has 0 bridgehead atoms. The number of nitrogens with one attached hydrogen (secondary N) is 1. The van der Waals surface area contributed by atoms with Crippen molar-refractivity contribution in [2.24, 2.45) is 0 Å². The van der Waals surface area contributed by atoms with Gasteiger partial charge in [0.15, 0.2) is 12.7 Å². The number of esters is 1. The van der Waals surface area contributed by atoms with Crippen LogP contribution in [0.4, 0.5) is 0 Å². The molecule has 0 unspecified atom stereocenters. The van der Waals surface area contributed by atoms with Gasteiger partial charge in [-0.25, -0.2) is 4.79 Å². The maximum Gasteiger partial charge on any atom is 0.331 e. The van der Waals surface area contributed by atoms with E-state index in [4.69, 9.17) is 14.7 Å². The summed E-state index contributed by atoms with van der Waals surface area (Å²) in [4.78, 5) is 28.1. The SMILES string of the molecule is Cc1[nH]c2ccccc2c1C(=O)[C@H](C)OC(=O)/C=C/c1ccc(OCC#N)cc1. The Bertz CT molecular complexity index is 1100. The molecule has 1 aromatic heterocycles. The van der Waals surface area contributed by atoms with Gasteiger partial charge in [-0.05, 0) is 43.7 Å².